The highest BCUT2D eigenvalue weighted by Gasteiger charge is 2.51. The van der Waals surface area contributed by atoms with Gasteiger partial charge in [0.05, 0.1) is 6.20 Å². The third-order valence-electron chi connectivity index (χ3n) is 4.56. The highest BCUT2D eigenvalue weighted by atomic mass is 16.5. The van der Waals surface area contributed by atoms with Crippen molar-refractivity contribution in [2.24, 2.45) is 14.1 Å². The second-order valence-electron chi connectivity index (χ2n) is 5.90. The first-order valence-corrected chi connectivity index (χ1v) is 7.56. The van der Waals surface area contributed by atoms with Crippen molar-refractivity contribution >= 4 is 23.4 Å². The molecule has 1 aromatic carbocycles. The van der Waals surface area contributed by atoms with Crippen LogP contribution in [0, 0.1) is 0 Å². The molecule has 0 spiro atoms. The molecular weight excluding hydrogens is 289 g/mol. The van der Waals surface area contributed by atoms with Gasteiger partial charge in [-0.15, -0.1) is 0 Å². The van der Waals surface area contributed by atoms with Gasteiger partial charge in [-0.1, -0.05) is 6.07 Å². The zero-order chi connectivity index (χ0) is 15.6. The molecule has 6 heteroatoms. The molecule has 2 aliphatic heterocycles. The van der Waals surface area contributed by atoms with E-state index in [1.54, 1.807) is 6.20 Å². The Morgan fingerprint density at radius 3 is 2.48 bits per heavy atom. The average Bonchev–Trinajstić information content (AvgIpc) is 2.55. The second kappa shape index (κ2) is 4.32. The number of rotatable bonds is 0. The second-order valence-corrected chi connectivity index (χ2v) is 5.90. The summed E-state index contributed by atoms with van der Waals surface area (Å²) in [6.07, 6.45) is 5.76. The van der Waals surface area contributed by atoms with Crippen LogP contribution >= 0.6 is 0 Å². The van der Waals surface area contributed by atoms with E-state index < -0.39 is 0 Å². The summed E-state index contributed by atoms with van der Waals surface area (Å²) in [5, 5.41) is 0. The van der Waals surface area contributed by atoms with Gasteiger partial charge in [0.2, 0.25) is 5.59 Å². The molecule has 5 rings (SSSR count). The van der Waals surface area contributed by atoms with E-state index in [0.29, 0.717) is 5.88 Å². The Morgan fingerprint density at radius 2 is 1.61 bits per heavy atom. The first kappa shape index (κ1) is 12.6. The lowest BCUT2D eigenvalue weighted by Gasteiger charge is -2.27. The Balaban J connectivity index is 1.91. The number of aromatic nitrogens is 3. The van der Waals surface area contributed by atoms with Gasteiger partial charge >= 0.3 is 6.71 Å². The summed E-state index contributed by atoms with van der Waals surface area (Å²) < 4.78 is 16.4. The molecule has 110 valence electrons. The maximum atomic E-state index is 6.13. The lowest BCUT2D eigenvalue weighted by molar-refractivity contribution is -0.659. The topological polar surface area (TPSA) is 39.1 Å². The number of pyridine rings is 1. The molecule has 0 unspecified atom stereocenters. The third kappa shape index (κ3) is 1.60. The molecule has 5 nitrogen and oxygen atoms in total. The minimum absolute atomic E-state index is 0.0404. The maximum Gasteiger partial charge on any atom is 0.425 e. The van der Waals surface area contributed by atoms with Crippen LogP contribution in [-0.4, -0.2) is 11.7 Å². The summed E-state index contributed by atoms with van der Waals surface area (Å²) in [5.74, 6) is 3.19. The van der Waals surface area contributed by atoms with E-state index >= 15 is 0 Å². The van der Waals surface area contributed by atoms with Crippen LogP contribution in [-0.2, 0) is 14.1 Å². The Hall–Kier alpha value is -2.89. The van der Waals surface area contributed by atoms with E-state index in [4.69, 9.17) is 9.47 Å². The minimum Gasteiger partial charge on any atom is -0.452 e. The maximum absolute atomic E-state index is 6.13. The normalized spacial score (nSPS) is 13.4. The lowest BCUT2D eigenvalue weighted by Crippen LogP contribution is -2.73. The van der Waals surface area contributed by atoms with Crippen LogP contribution in [0.5, 0.6) is 23.1 Å². The van der Waals surface area contributed by atoms with Crippen molar-refractivity contribution in [1.82, 2.24) is 4.98 Å². The van der Waals surface area contributed by atoms with Gasteiger partial charge in [-0.05, 0) is 18.2 Å². The number of aryl methyl sites for hydroxylation is 2. The predicted molar refractivity (Wildman–Crippen MR) is 84.3 cm³/mol. The van der Waals surface area contributed by atoms with Gasteiger partial charge in [-0.25, -0.2) is 14.1 Å². The molecule has 0 amide bonds. The number of fused-ring (bicyclic) bond motifs is 4. The minimum atomic E-state index is 0.0404. The SMILES string of the molecule is C[n+]1cccc2c1B1c3c(cccc3Oc3ncc[n+](C)c31)O2. The van der Waals surface area contributed by atoms with Gasteiger partial charge in [-0.3, -0.25) is 0 Å². The zero-order valence-electron chi connectivity index (χ0n) is 12.9. The van der Waals surface area contributed by atoms with Crippen LogP contribution in [0.2, 0.25) is 0 Å². The van der Waals surface area contributed by atoms with Gasteiger partial charge in [0.15, 0.2) is 23.7 Å². The van der Waals surface area contributed by atoms with Crippen molar-refractivity contribution in [3.8, 4) is 23.1 Å². The Labute approximate surface area is 133 Å². The summed E-state index contributed by atoms with van der Waals surface area (Å²) in [4.78, 5) is 4.44. The standard InChI is InChI=1S/C17H14BN3O2/c1-20-9-4-7-13-15(20)18-14-11(22-13)5-3-6-12(14)23-17-16(18)21(2)10-8-19-17/h3-10H,1-2H3/q+2. The van der Waals surface area contributed by atoms with E-state index in [2.05, 4.69) is 14.1 Å². The first-order valence-electron chi connectivity index (χ1n) is 7.56. The monoisotopic (exact) mass is 303 g/mol. The Bertz CT molecular complexity index is 868. The molecule has 0 N–H and O–H groups in total. The summed E-state index contributed by atoms with van der Waals surface area (Å²) in [7, 11) is 4.07. The molecule has 0 bridgehead atoms. The molecule has 23 heavy (non-hydrogen) atoms. The molecule has 0 fully saturated rings. The van der Waals surface area contributed by atoms with E-state index in [1.165, 1.54) is 0 Å². The van der Waals surface area contributed by atoms with Crippen molar-refractivity contribution in [1.29, 1.82) is 0 Å². The third-order valence-corrected chi connectivity index (χ3v) is 4.56. The fourth-order valence-electron chi connectivity index (χ4n) is 3.55. The van der Waals surface area contributed by atoms with Crippen molar-refractivity contribution in [2.75, 3.05) is 0 Å². The largest absolute Gasteiger partial charge is 0.452 e. The molecule has 3 aromatic rings. The van der Waals surface area contributed by atoms with Gasteiger partial charge < -0.3 is 9.47 Å². The molecule has 4 heterocycles. The Kier molecular flexibility index (Phi) is 2.37. The fraction of sp³-hybridized carbons (Fsp3) is 0.118. The van der Waals surface area contributed by atoms with Crippen LogP contribution in [0.4, 0.5) is 0 Å². The smallest absolute Gasteiger partial charge is 0.425 e. The van der Waals surface area contributed by atoms with Gasteiger partial charge in [-0.2, -0.15) is 0 Å². The highest BCUT2D eigenvalue weighted by Crippen LogP contribution is 2.31. The van der Waals surface area contributed by atoms with Crippen LogP contribution in [0.25, 0.3) is 0 Å². The summed E-state index contributed by atoms with van der Waals surface area (Å²) in [6, 6.07) is 9.92. The molecule has 0 aliphatic carbocycles. The summed E-state index contributed by atoms with van der Waals surface area (Å²) >= 11 is 0. The van der Waals surface area contributed by atoms with Crippen LogP contribution in [0.15, 0.2) is 48.9 Å². The van der Waals surface area contributed by atoms with E-state index in [-0.39, 0.29) is 6.71 Å². The number of benzene rings is 1. The van der Waals surface area contributed by atoms with Gasteiger partial charge in [0.1, 0.15) is 25.6 Å². The quantitative estimate of drug-likeness (QED) is 0.285. The summed E-state index contributed by atoms with van der Waals surface area (Å²) in [6.45, 7) is 0.0404. The van der Waals surface area contributed by atoms with Crippen molar-refractivity contribution in [3.63, 3.8) is 0 Å². The number of ether oxygens (including phenoxy) is 2. The number of nitrogens with zero attached hydrogens (tertiary/aromatic N) is 3. The fourth-order valence-corrected chi connectivity index (χ4v) is 3.55. The average molecular weight is 303 g/mol. The molecule has 0 radical (unpaired) electrons. The van der Waals surface area contributed by atoms with E-state index in [0.717, 1.165) is 33.9 Å². The van der Waals surface area contributed by atoms with Crippen molar-refractivity contribution < 1.29 is 18.6 Å². The van der Waals surface area contributed by atoms with Crippen molar-refractivity contribution in [3.05, 3.63) is 48.9 Å². The number of hydrogen-bond acceptors (Lipinski definition) is 3. The lowest BCUT2D eigenvalue weighted by atomic mass is 9.38. The zero-order valence-corrected chi connectivity index (χ0v) is 12.9. The van der Waals surface area contributed by atoms with Gasteiger partial charge in [0.25, 0.3) is 5.88 Å². The molecule has 0 saturated heterocycles. The van der Waals surface area contributed by atoms with Crippen LogP contribution in [0.3, 0.4) is 0 Å². The summed E-state index contributed by atoms with van der Waals surface area (Å²) in [5.41, 5.74) is 3.22. The predicted octanol–water partition coefficient (Wildman–Crippen LogP) is -0.542. The van der Waals surface area contributed by atoms with E-state index in [9.17, 15) is 0 Å². The molecular formula is C17H14BN3O2+2. The van der Waals surface area contributed by atoms with Crippen LogP contribution < -0.4 is 35.3 Å². The molecule has 2 aromatic heterocycles. The van der Waals surface area contributed by atoms with E-state index in [1.807, 2.05) is 56.8 Å². The van der Waals surface area contributed by atoms with Crippen LogP contribution in [0.1, 0.15) is 0 Å². The molecule has 2 aliphatic rings. The Morgan fingerprint density at radius 1 is 0.870 bits per heavy atom. The highest BCUT2D eigenvalue weighted by molar-refractivity contribution is 6.96. The number of hydrogen-bond donors (Lipinski definition) is 0. The van der Waals surface area contributed by atoms with Crippen molar-refractivity contribution in [2.45, 2.75) is 0 Å². The van der Waals surface area contributed by atoms with Gasteiger partial charge in [0, 0.05) is 11.5 Å². The first-order chi connectivity index (χ1) is 11.2. The molecule has 0 atom stereocenters. The molecule has 0 saturated carbocycles.